The minimum atomic E-state index is -3.69. The van der Waals surface area contributed by atoms with Crippen molar-refractivity contribution in [2.75, 3.05) is 20.3 Å². The highest BCUT2D eigenvalue weighted by Gasteiger charge is 2.20. The first kappa shape index (κ1) is 16.2. The number of rotatable bonds is 7. The van der Waals surface area contributed by atoms with E-state index in [1.54, 1.807) is 0 Å². The van der Waals surface area contributed by atoms with Gasteiger partial charge in [0.05, 0.1) is 17.0 Å². The number of aliphatic hydroxyl groups excluding tert-OH is 1. The summed E-state index contributed by atoms with van der Waals surface area (Å²) in [5.74, 6) is 0. The summed E-state index contributed by atoms with van der Waals surface area (Å²) in [5.41, 5.74) is 0. The molecule has 0 aliphatic heterocycles. The zero-order valence-electron chi connectivity index (χ0n) is 9.52. The summed E-state index contributed by atoms with van der Waals surface area (Å²) in [6.45, 7) is 0.253. The smallest absolute Gasteiger partial charge is 0.242 e. The van der Waals surface area contributed by atoms with Crippen LogP contribution in [0.15, 0.2) is 11.0 Å². The van der Waals surface area contributed by atoms with E-state index in [4.69, 9.17) is 27.9 Å². The van der Waals surface area contributed by atoms with E-state index in [0.29, 0.717) is 4.34 Å². The Labute approximate surface area is 120 Å². The lowest BCUT2D eigenvalue weighted by Crippen LogP contribution is -2.28. The lowest BCUT2D eigenvalue weighted by atomic mass is 10.3. The predicted molar refractivity (Wildman–Crippen MR) is 72.0 cm³/mol. The minimum absolute atomic E-state index is 0.0413. The van der Waals surface area contributed by atoms with Crippen LogP contribution < -0.4 is 4.72 Å². The van der Waals surface area contributed by atoms with Crippen LogP contribution in [-0.2, 0) is 14.8 Å². The van der Waals surface area contributed by atoms with Crippen LogP contribution in [0.5, 0.6) is 0 Å². The third-order valence-corrected chi connectivity index (χ3v) is 5.26. The Kier molecular flexibility index (Phi) is 6.32. The fourth-order valence-corrected chi connectivity index (χ4v) is 4.42. The molecule has 0 bridgehead atoms. The van der Waals surface area contributed by atoms with Crippen molar-refractivity contribution in [1.82, 2.24) is 4.72 Å². The third-order valence-electron chi connectivity index (χ3n) is 2.04. The van der Waals surface area contributed by atoms with Gasteiger partial charge in [0.2, 0.25) is 10.0 Å². The Morgan fingerprint density at radius 2 is 2.22 bits per heavy atom. The quantitative estimate of drug-likeness (QED) is 0.796. The Balaban J connectivity index is 2.58. The molecule has 1 unspecified atom stereocenters. The number of hydrogen-bond donors (Lipinski definition) is 2. The first-order valence-electron chi connectivity index (χ1n) is 4.98. The minimum Gasteiger partial charge on any atom is -0.391 e. The number of sulfonamides is 1. The molecule has 0 aliphatic carbocycles. The molecule has 1 atom stereocenters. The van der Waals surface area contributed by atoms with E-state index in [1.807, 2.05) is 0 Å². The first-order valence-corrected chi connectivity index (χ1v) is 8.04. The van der Waals surface area contributed by atoms with Crippen LogP contribution in [0, 0.1) is 0 Å². The van der Waals surface area contributed by atoms with Crippen LogP contribution in [0.25, 0.3) is 0 Å². The molecule has 5 nitrogen and oxygen atoms in total. The van der Waals surface area contributed by atoms with Gasteiger partial charge in [-0.1, -0.05) is 23.2 Å². The Morgan fingerprint density at radius 1 is 1.56 bits per heavy atom. The van der Waals surface area contributed by atoms with Crippen molar-refractivity contribution in [3.05, 3.63) is 14.7 Å². The van der Waals surface area contributed by atoms with Crippen molar-refractivity contribution < 1.29 is 18.3 Å². The second kappa shape index (κ2) is 7.04. The van der Waals surface area contributed by atoms with Gasteiger partial charge >= 0.3 is 0 Å². The van der Waals surface area contributed by atoms with E-state index in [9.17, 15) is 13.5 Å². The van der Waals surface area contributed by atoms with E-state index in [0.717, 1.165) is 11.3 Å². The molecule has 9 heteroatoms. The Morgan fingerprint density at radius 3 is 2.72 bits per heavy atom. The zero-order valence-corrected chi connectivity index (χ0v) is 12.7. The number of nitrogens with one attached hydrogen (secondary N) is 1. The van der Waals surface area contributed by atoms with Crippen LogP contribution in [0.3, 0.4) is 0 Å². The average molecular weight is 334 g/mol. The number of methoxy groups -OCH3 is 1. The molecule has 1 rings (SSSR count). The van der Waals surface area contributed by atoms with Gasteiger partial charge in [0.15, 0.2) is 0 Å². The summed E-state index contributed by atoms with van der Waals surface area (Å²) in [5, 5.41) is 9.37. The molecule has 2 N–H and O–H groups in total. The van der Waals surface area contributed by atoms with Gasteiger partial charge in [-0.2, -0.15) is 0 Å². The van der Waals surface area contributed by atoms with Crippen LogP contribution in [0.4, 0.5) is 0 Å². The molecule has 0 aromatic carbocycles. The van der Waals surface area contributed by atoms with Crippen LogP contribution in [0.1, 0.15) is 6.42 Å². The standard InChI is InChI=1S/C9H13Cl2NO4S2/c1-16-5-6(13)2-3-12-18(14,15)7-4-8(10)17-9(7)11/h4,6,12-13H,2-3,5H2,1H3. The summed E-state index contributed by atoms with van der Waals surface area (Å²) in [7, 11) is -2.23. The average Bonchev–Trinajstić information content (AvgIpc) is 2.58. The van der Waals surface area contributed by atoms with Gasteiger partial charge in [-0.25, -0.2) is 13.1 Å². The van der Waals surface area contributed by atoms with Crippen molar-refractivity contribution in [2.24, 2.45) is 0 Å². The maximum Gasteiger partial charge on any atom is 0.242 e. The Bertz CT molecular complexity index is 489. The van der Waals surface area contributed by atoms with E-state index in [1.165, 1.54) is 13.2 Å². The van der Waals surface area contributed by atoms with Crippen LogP contribution in [0.2, 0.25) is 8.67 Å². The predicted octanol–water partition coefficient (Wildman–Crippen LogP) is 1.73. The lowest BCUT2D eigenvalue weighted by molar-refractivity contribution is 0.0603. The molecule has 0 amide bonds. The molecule has 1 aromatic heterocycles. The highest BCUT2D eigenvalue weighted by atomic mass is 35.5. The van der Waals surface area contributed by atoms with Gasteiger partial charge in [0.1, 0.15) is 9.23 Å². The summed E-state index contributed by atoms with van der Waals surface area (Å²) in [6, 6.07) is 1.29. The number of aliphatic hydroxyl groups is 1. The van der Waals surface area contributed by atoms with E-state index >= 15 is 0 Å². The molecule has 0 radical (unpaired) electrons. The monoisotopic (exact) mass is 333 g/mol. The molecular formula is C9H13Cl2NO4S2. The van der Waals surface area contributed by atoms with Crippen LogP contribution >= 0.6 is 34.5 Å². The SMILES string of the molecule is COCC(O)CCNS(=O)(=O)c1cc(Cl)sc1Cl. The summed E-state index contributed by atoms with van der Waals surface area (Å²) in [4.78, 5) is -0.0413. The molecule has 0 aliphatic rings. The van der Waals surface area contributed by atoms with Crippen molar-refractivity contribution in [3.8, 4) is 0 Å². The van der Waals surface area contributed by atoms with Crippen molar-refractivity contribution in [1.29, 1.82) is 0 Å². The molecule has 104 valence electrons. The maximum absolute atomic E-state index is 11.8. The van der Waals surface area contributed by atoms with Crippen molar-refractivity contribution in [2.45, 2.75) is 17.4 Å². The maximum atomic E-state index is 11.8. The molecular weight excluding hydrogens is 321 g/mol. The topological polar surface area (TPSA) is 75.6 Å². The normalized spacial score (nSPS) is 13.8. The van der Waals surface area contributed by atoms with Crippen molar-refractivity contribution in [3.63, 3.8) is 0 Å². The second-order valence-corrected chi connectivity index (χ2v) is 7.51. The number of halogens is 2. The second-order valence-electron chi connectivity index (χ2n) is 3.48. The number of ether oxygens (including phenoxy) is 1. The summed E-state index contributed by atoms with van der Waals surface area (Å²) >= 11 is 12.4. The van der Waals surface area contributed by atoms with E-state index in [2.05, 4.69) is 4.72 Å². The largest absolute Gasteiger partial charge is 0.391 e. The molecule has 0 saturated heterocycles. The van der Waals surface area contributed by atoms with Gasteiger partial charge < -0.3 is 9.84 Å². The van der Waals surface area contributed by atoms with Gasteiger partial charge in [-0.05, 0) is 12.5 Å². The van der Waals surface area contributed by atoms with Gasteiger partial charge in [0, 0.05) is 13.7 Å². The highest BCUT2D eigenvalue weighted by molar-refractivity contribution is 7.89. The molecule has 0 spiro atoms. The molecule has 0 fully saturated rings. The van der Waals surface area contributed by atoms with Gasteiger partial charge in [-0.15, -0.1) is 11.3 Å². The highest BCUT2D eigenvalue weighted by Crippen LogP contribution is 2.33. The molecule has 18 heavy (non-hydrogen) atoms. The molecule has 0 saturated carbocycles. The lowest BCUT2D eigenvalue weighted by Gasteiger charge is -2.10. The molecule has 1 heterocycles. The van der Waals surface area contributed by atoms with Gasteiger partial charge in [0.25, 0.3) is 0 Å². The van der Waals surface area contributed by atoms with Gasteiger partial charge in [-0.3, -0.25) is 0 Å². The molecule has 1 aromatic rings. The van der Waals surface area contributed by atoms with Crippen molar-refractivity contribution >= 4 is 44.6 Å². The number of hydrogen-bond acceptors (Lipinski definition) is 5. The Hall–Kier alpha value is 0.110. The van der Waals surface area contributed by atoms with E-state index in [-0.39, 0.29) is 28.8 Å². The fourth-order valence-electron chi connectivity index (χ4n) is 1.22. The third kappa shape index (κ3) is 4.65. The van der Waals surface area contributed by atoms with Crippen LogP contribution in [-0.4, -0.2) is 39.9 Å². The first-order chi connectivity index (χ1) is 8.36. The van der Waals surface area contributed by atoms with E-state index < -0.39 is 16.1 Å². The zero-order chi connectivity index (χ0) is 13.8. The summed E-state index contributed by atoms with van der Waals surface area (Å²) < 4.78 is 31.2. The summed E-state index contributed by atoms with van der Waals surface area (Å²) in [6.07, 6.45) is -0.457. The fraction of sp³-hybridized carbons (Fsp3) is 0.556. The number of thiophene rings is 1.